The number of hydrogen-bond donors (Lipinski definition) is 0. The summed E-state index contributed by atoms with van der Waals surface area (Å²) in [5, 5.41) is 11.1. The number of ether oxygens (including phenoxy) is 2. The summed E-state index contributed by atoms with van der Waals surface area (Å²) in [5.41, 5.74) is 0.182. The third-order valence-corrected chi connectivity index (χ3v) is 6.12. The summed E-state index contributed by atoms with van der Waals surface area (Å²) in [4.78, 5) is 24.0. The van der Waals surface area contributed by atoms with Crippen molar-refractivity contribution < 1.29 is 19.2 Å². The fraction of sp³-hybridized carbons (Fsp3) is 0.350. The van der Waals surface area contributed by atoms with Gasteiger partial charge in [0.2, 0.25) is 5.78 Å². The van der Waals surface area contributed by atoms with Crippen LogP contribution in [0.3, 0.4) is 0 Å². The molecule has 3 rings (SSSR count). The molecule has 8 heteroatoms. The molecule has 0 N–H and O–H groups in total. The number of ketones is 1. The highest BCUT2D eigenvalue weighted by Gasteiger charge is 2.48. The first-order chi connectivity index (χ1) is 13.3. The normalized spacial score (nSPS) is 17.9. The van der Waals surface area contributed by atoms with Crippen LogP contribution in [0.25, 0.3) is 0 Å². The van der Waals surface area contributed by atoms with Crippen LogP contribution in [-0.4, -0.2) is 23.4 Å². The molecule has 0 bridgehead atoms. The van der Waals surface area contributed by atoms with Gasteiger partial charge in [-0.15, -0.1) is 0 Å². The Morgan fingerprint density at radius 1 is 1.32 bits per heavy atom. The van der Waals surface area contributed by atoms with Gasteiger partial charge in [0.15, 0.2) is 5.60 Å². The second kappa shape index (κ2) is 8.36. The van der Waals surface area contributed by atoms with Gasteiger partial charge in [0, 0.05) is 17.0 Å². The maximum Gasteiger partial charge on any atom is 0.273 e. The molecule has 148 valence electrons. The number of non-ortho nitro benzene ring substituents is 1. The number of nitro benzene ring substituents is 1. The lowest BCUT2D eigenvalue weighted by atomic mass is 9.84. The molecular weight excluding hydrogens is 541 g/mol. The van der Waals surface area contributed by atoms with Gasteiger partial charge in [0.05, 0.1) is 27.2 Å². The van der Waals surface area contributed by atoms with Gasteiger partial charge in [-0.2, -0.15) is 0 Å². The predicted molar refractivity (Wildman–Crippen MR) is 117 cm³/mol. The van der Waals surface area contributed by atoms with Crippen LogP contribution in [0.2, 0.25) is 0 Å². The summed E-state index contributed by atoms with van der Waals surface area (Å²) in [6, 6.07) is 8.16. The molecule has 28 heavy (non-hydrogen) atoms. The van der Waals surface area contributed by atoms with Crippen molar-refractivity contribution in [2.75, 3.05) is 7.11 Å². The van der Waals surface area contributed by atoms with Gasteiger partial charge in [-0.25, -0.2) is 0 Å². The minimum Gasteiger partial charge on any atom is -0.496 e. The molecular formula is C20H19BrINO5. The SMILES string of the molecule is CCCCC1(Cc2ccc([N+](=O)[O-])cc2OC)Oc2c(I)cc(Br)cc2C1=O. The van der Waals surface area contributed by atoms with E-state index in [9.17, 15) is 14.9 Å². The van der Waals surface area contributed by atoms with Gasteiger partial charge in [0.25, 0.3) is 5.69 Å². The van der Waals surface area contributed by atoms with Gasteiger partial charge in [-0.05, 0) is 59.2 Å². The average Bonchev–Trinajstić information content (AvgIpc) is 2.93. The zero-order valence-corrected chi connectivity index (χ0v) is 19.2. The highest BCUT2D eigenvalue weighted by molar-refractivity contribution is 14.1. The van der Waals surface area contributed by atoms with Crippen molar-refractivity contribution >= 4 is 50.0 Å². The molecule has 0 aliphatic carbocycles. The van der Waals surface area contributed by atoms with Crippen molar-refractivity contribution in [2.45, 2.75) is 38.2 Å². The van der Waals surface area contributed by atoms with E-state index in [0.717, 1.165) is 20.9 Å². The smallest absolute Gasteiger partial charge is 0.273 e. The third-order valence-electron chi connectivity index (χ3n) is 4.86. The molecule has 1 heterocycles. The van der Waals surface area contributed by atoms with E-state index in [1.165, 1.54) is 19.2 Å². The zero-order valence-electron chi connectivity index (χ0n) is 15.5. The van der Waals surface area contributed by atoms with Crippen molar-refractivity contribution in [1.29, 1.82) is 0 Å². The number of rotatable bonds is 7. The molecule has 0 radical (unpaired) electrons. The van der Waals surface area contributed by atoms with Crippen LogP contribution in [0.5, 0.6) is 11.5 Å². The van der Waals surface area contributed by atoms with E-state index < -0.39 is 10.5 Å². The number of carbonyl (C=O) groups is 1. The van der Waals surface area contributed by atoms with E-state index in [4.69, 9.17) is 9.47 Å². The van der Waals surface area contributed by atoms with Crippen molar-refractivity contribution in [3.63, 3.8) is 0 Å². The highest BCUT2D eigenvalue weighted by Crippen LogP contribution is 2.44. The van der Waals surface area contributed by atoms with E-state index >= 15 is 0 Å². The quantitative estimate of drug-likeness (QED) is 0.246. The van der Waals surface area contributed by atoms with E-state index in [1.807, 2.05) is 6.07 Å². The molecule has 0 saturated carbocycles. The summed E-state index contributed by atoms with van der Waals surface area (Å²) >= 11 is 5.61. The lowest BCUT2D eigenvalue weighted by Crippen LogP contribution is -2.42. The summed E-state index contributed by atoms with van der Waals surface area (Å²) in [5.74, 6) is 0.926. The van der Waals surface area contributed by atoms with Gasteiger partial charge in [-0.1, -0.05) is 29.3 Å². The molecule has 1 unspecified atom stereocenters. The number of unbranched alkanes of at least 4 members (excludes halogenated alkanes) is 1. The number of nitrogens with zero attached hydrogens (tertiary/aromatic N) is 1. The number of halogens is 2. The monoisotopic (exact) mass is 559 g/mol. The molecule has 0 aromatic heterocycles. The first-order valence-corrected chi connectivity index (χ1v) is 10.7. The number of methoxy groups -OCH3 is 1. The van der Waals surface area contributed by atoms with Crippen molar-refractivity contribution in [2.24, 2.45) is 0 Å². The molecule has 0 amide bonds. The molecule has 0 fully saturated rings. The molecule has 2 aromatic carbocycles. The topological polar surface area (TPSA) is 78.7 Å². The fourth-order valence-corrected chi connectivity index (χ4v) is 5.07. The summed E-state index contributed by atoms with van der Waals surface area (Å²) in [6.07, 6.45) is 2.60. The molecule has 0 spiro atoms. The number of fused-ring (bicyclic) bond motifs is 1. The standard InChI is InChI=1S/C20H19BrINO5/c1-3-4-7-20(11-12-5-6-14(23(25)26)10-17(12)27-2)19(24)15-8-13(21)9-16(22)18(15)28-20/h5-6,8-10H,3-4,7,11H2,1-2H3. The number of carbonyl (C=O) groups excluding carboxylic acids is 1. The van der Waals surface area contributed by atoms with Gasteiger partial charge < -0.3 is 9.47 Å². The number of hydrogen-bond acceptors (Lipinski definition) is 5. The van der Waals surface area contributed by atoms with Crippen LogP contribution in [0.1, 0.15) is 42.1 Å². The fourth-order valence-electron chi connectivity index (χ4n) is 3.45. The Labute approximate surface area is 185 Å². The van der Waals surface area contributed by atoms with Crippen LogP contribution in [0.4, 0.5) is 5.69 Å². The molecule has 1 aliphatic heterocycles. The van der Waals surface area contributed by atoms with Crippen LogP contribution in [0.15, 0.2) is 34.8 Å². The maximum absolute atomic E-state index is 13.4. The molecule has 6 nitrogen and oxygen atoms in total. The van der Waals surface area contributed by atoms with Crippen molar-refractivity contribution in [3.05, 3.63) is 59.6 Å². The lowest BCUT2D eigenvalue weighted by molar-refractivity contribution is -0.384. The first kappa shape index (κ1) is 21.0. The Morgan fingerprint density at radius 3 is 2.71 bits per heavy atom. The first-order valence-electron chi connectivity index (χ1n) is 8.85. The van der Waals surface area contributed by atoms with Gasteiger partial charge in [-0.3, -0.25) is 14.9 Å². The number of nitro groups is 1. The van der Waals surface area contributed by atoms with E-state index in [0.29, 0.717) is 29.0 Å². The largest absolute Gasteiger partial charge is 0.496 e. The Balaban J connectivity index is 2.04. The van der Waals surface area contributed by atoms with E-state index in [1.54, 1.807) is 12.1 Å². The Morgan fingerprint density at radius 2 is 2.07 bits per heavy atom. The second-order valence-corrected chi connectivity index (χ2v) is 8.80. The zero-order chi connectivity index (χ0) is 20.5. The van der Waals surface area contributed by atoms with Crippen LogP contribution >= 0.6 is 38.5 Å². The van der Waals surface area contributed by atoms with Crippen molar-refractivity contribution in [3.8, 4) is 11.5 Å². The van der Waals surface area contributed by atoms with Crippen LogP contribution < -0.4 is 9.47 Å². The van der Waals surface area contributed by atoms with Crippen molar-refractivity contribution in [1.82, 2.24) is 0 Å². The Bertz CT molecular complexity index is 948. The second-order valence-electron chi connectivity index (χ2n) is 6.72. The average molecular weight is 560 g/mol. The maximum atomic E-state index is 13.4. The van der Waals surface area contributed by atoms with E-state index in [-0.39, 0.29) is 17.9 Å². The Kier molecular flexibility index (Phi) is 6.28. The summed E-state index contributed by atoms with van der Waals surface area (Å²) < 4.78 is 13.4. The Hall–Kier alpha value is -1.68. The van der Waals surface area contributed by atoms with Gasteiger partial charge in [0.1, 0.15) is 11.5 Å². The van der Waals surface area contributed by atoms with Crippen LogP contribution in [-0.2, 0) is 6.42 Å². The minimum absolute atomic E-state index is 0.0522. The molecule has 0 saturated heterocycles. The van der Waals surface area contributed by atoms with Gasteiger partial charge >= 0.3 is 0 Å². The molecule has 2 aromatic rings. The van der Waals surface area contributed by atoms with Crippen LogP contribution in [0, 0.1) is 13.7 Å². The summed E-state index contributed by atoms with van der Waals surface area (Å²) in [7, 11) is 1.47. The third kappa shape index (κ3) is 3.89. The summed E-state index contributed by atoms with van der Waals surface area (Å²) in [6.45, 7) is 2.06. The number of Topliss-reactive ketones (excluding diaryl/α,β-unsaturated/α-hetero) is 1. The predicted octanol–water partition coefficient (Wildman–Crippen LogP) is 5.72. The highest BCUT2D eigenvalue weighted by atomic mass is 127. The molecule has 1 atom stereocenters. The number of benzene rings is 2. The molecule has 1 aliphatic rings. The minimum atomic E-state index is -1.04. The lowest BCUT2D eigenvalue weighted by Gasteiger charge is -2.28. The van der Waals surface area contributed by atoms with E-state index in [2.05, 4.69) is 45.4 Å².